The highest BCUT2D eigenvalue weighted by Gasteiger charge is 2.19. The molecule has 56 valence electrons. The lowest BCUT2D eigenvalue weighted by Crippen LogP contribution is -2.15. The van der Waals surface area contributed by atoms with Crippen LogP contribution < -0.4 is 5.73 Å². The number of nitrogens with zero attached hydrogens (tertiary/aromatic N) is 1. The van der Waals surface area contributed by atoms with Gasteiger partial charge in [0.25, 0.3) is 6.01 Å². The van der Waals surface area contributed by atoms with Crippen molar-refractivity contribution in [3.05, 3.63) is 12.0 Å². The first-order chi connectivity index (χ1) is 4.50. The van der Waals surface area contributed by atoms with E-state index in [9.17, 15) is 5.11 Å². The van der Waals surface area contributed by atoms with E-state index in [1.165, 1.54) is 6.26 Å². The van der Waals surface area contributed by atoms with Gasteiger partial charge in [-0.05, 0) is 13.8 Å². The molecule has 0 aliphatic rings. The van der Waals surface area contributed by atoms with Crippen LogP contribution in [0.4, 0.5) is 6.01 Å². The average molecular weight is 142 g/mol. The Labute approximate surface area is 58.7 Å². The molecule has 0 saturated carbocycles. The van der Waals surface area contributed by atoms with Crippen LogP contribution in [0.25, 0.3) is 0 Å². The van der Waals surface area contributed by atoms with Gasteiger partial charge in [0.15, 0.2) is 0 Å². The summed E-state index contributed by atoms with van der Waals surface area (Å²) in [6.07, 6.45) is 1.34. The first-order valence-electron chi connectivity index (χ1n) is 2.94. The highest BCUT2D eigenvalue weighted by Crippen LogP contribution is 2.18. The maximum atomic E-state index is 9.32. The Morgan fingerprint density at radius 2 is 2.30 bits per heavy atom. The topological polar surface area (TPSA) is 72.3 Å². The summed E-state index contributed by atoms with van der Waals surface area (Å²) >= 11 is 0. The van der Waals surface area contributed by atoms with E-state index in [2.05, 4.69) is 4.98 Å². The second-order valence-corrected chi connectivity index (χ2v) is 2.63. The normalized spacial score (nSPS) is 11.9. The van der Waals surface area contributed by atoms with E-state index < -0.39 is 5.60 Å². The second kappa shape index (κ2) is 1.98. The molecular formula is C6H10N2O2. The zero-order valence-corrected chi connectivity index (χ0v) is 5.96. The molecule has 3 N–H and O–H groups in total. The SMILES string of the molecule is CC(C)(O)c1coc(N)n1. The van der Waals surface area contributed by atoms with E-state index in [0.29, 0.717) is 5.69 Å². The third-order valence-electron chi connectivity index (χ3n) is 1.15. The van der Waals surface area contributed by atoms with Crippen molar-refractivity contribution in [2.24, 2.45) is 0 Å². The zero-order chi connectivity index (χ0) is 7.78. The van der Waals surface area contributed by atoms with Gasteiger partial charge in [-0.3, -0.25) is 0 Å². The predicted molar refractivity (Wildman–Crippen MR) is 36.2 cm³/mol. The highest BCUT2D eigenvalue weighted by atomic mass is 16.4. The van der Waals surface area contributed by atoms with Gasteiger partial charge < -0.3 is 15.3 Å². The smallest absolute Gasteiger partial charge is 0.292 e. The monoisotopic (exact) mass is 142 g/mol. The molecule has 0 saturated heterocycles. The van der Waals surface area contributed by atoms with Crippen molar-refractivity contribution in [1.82, 2.24) is 4.98 Å². The quantitative estimate of drug-likeness (QED) is 0.598. The Morgan fingerprint density at radius 3 is 2.50 bits per heavy atom. The number of aromatic nitrogens is 1. The van der Waals surface area contributed by atoms with Crippen LogP contribution in [0.1, 0.15) is 19.5 Å². The Bertz CT molecular complexity index is 224. The van der Waals surface area contributed by atoms with Crippen molar-refractivity contribution in [3.63, 3.8) is 0 Å². The highest BCUT2D eigenvalue weighted by molar-refractivity contribution is 5.16. The Balaban J connectivity index is 2.96. The number of hydrogen-bond acceptors (Lipinski definition) is 4. The van der Waals surface area contributed by atoms with Crippen LogP contribution in [0.2, 0.25) is 0 Å². The molecule has 1 aromatic rings. The Kier molecular flexibility index (Phi) is 1.40. The van der Waals surface area contributed by atoms with Gasteiger partial charge in [0.05, 0.1) is 0 Å². The number of hydrogen-bond donors (Lipinski definition) is 2. The summed E-state index contributed by atoms with van der Waals surface area (Å²) in [4.78, 5) is 3.74. The summed E-state index contributed by atoms with van der Waals surface area (Å²) in [7, 11) is 0. The molecule has 0 aromatic carbocycles. The van der Waals surface area contributed by atoms with E-state index >= 15 is 0 Å². The molecule has 0 spiro atoms. The van der Waals surface area contributed by atoms with Crippen LogP contribution in [0.3, 0.4) is 0 Å². The molecule has 4 heteroatoms. The lowest BCUT2D eigenvalue weighted by atomic mass is 10.1. The molecule has 0 bridgehead atoms. The minimum absolute atomic E-state index is 0.0807. The summed E-state index contributed by atoms with van der Waals surface area (Å²) in [6, 6.07) is 0.0807. The third kappa shape index (κ3) is 1.27. The third-order valence-corrected chi connectivity index (χ3v) is 1.15. The van der Waals surface area contributed by atoms with Gasteiger partial charge in [0.2, 0.25) is 0 Å². The maximum Gasteiger partial charge on any atom is 0.292 e. The van der Waals surface area contributed by atoms with Crippen LogP contribution in [0, 0.1) is 0 Å². The lowest BCUT2D eigenvalue weighted by molar-refractivity contribution is 0.0738. The van der Waals surface area contributed by atoms with Crippen LogP contribution in [0.5, 0.6) is 0 Å². The predicted octanol–water partition coefficient (Wildman–Crippen LogP) is 0.484. The average Bonchev–Trinajstić information content (AvgIpc) is 2.11. The molecule has 1 rings (SSSR count). The van der Waals surface area contributed by atoms with Crippen LogP contribution in [0.15, 0.2) is 10.7 Å². The number of rotatable bonds is 1. The van der Waals surface area contributed by atoms with Gasteiger partial charge in [-0.15, -0.1) is 0 Å². The summed E-state index contributed by atoms with van der Waals surface area (Å²) in [5, 5.41) is 9.32. The molecule has 0 radical (unpaired) electrons. The van der Waals surface area contributed by atoms with Gasteiger partial charge in [0.1, 0.15) is 17.6 Å². The molecule has 1 heterocycles. The zero-order valence-electron chi connectivity index (χ0n) is 5.96. The standard InChI is InChI=1S/C6H10N2O2/c1-6(2,9)4-3-10-5(7)8-4/h3,9H,1-2H3,(H2,7,8). The van der Waals surface area contributed by atoms with Gasteiger partial charge in [0, 0.05) is 0 Å². The summed E-state index contributed by atoms with van der Waals surface area (Å²) in [5.74, 6) is 0. The molecule has 0 fully saturated rings. The summed E-state index contributed by atoms with van der Waals surface area (Å²) in [5.41, 5.74) is 4.66. The summed E-state index contributed by atoms with van der Waals surface area (Å²) in [6.45, 7) is 3.23. The minimum Gasteiger partial charge on any atom is -0.432 e. The lowest BCUT2D eigenvalue weighted by Gasteiger charge is -2.11. The van der Waals surface area contributed by atoms with Crippen molar-refractivity contribution in [1.29, 1.82) is 0 Å². The number of anilines is 1. The largest absolute Gasteiger partial charge is 0.432 e. The van der Waals surface area contributed by atoms with Crippen molar-refractivity contribution in [2.45, 2.75) is 19.4 Å². The first-order valence-corrected chi connectivity index (χ1v) is 2.94. The van der Waals surface area contributed by atoms with E-state index in [4.69, 9.17) is 10.2 Å². The number of aliphatic hydroxyl groups is 1. The molecule has 0 aliphatic carbocycles. The Morgan fingerprint density at radius 1 is 1.70 bits per heavy atom. The van der Waals surface area contributed by atoms with Crippen LogP contribution >= 0.6 is 0 Å². The van der Waals surface area contributed by atoms with Gasteiger partial charge in [-0.2, -0.15) is 4.98 Å². The fraction of sp³-hybridized carbons (Fsp3) is 0.500. The summed E-state index contributed by atoms with van der Waals surface area (Å²) < 4.78 is 4.70. The van der Waals surface area contributed by atoms with E-state index in [-0.39, 0.29) is 6.01 Å². The van der Waals surface area contributed by atoms with Crippen molar-refractivity contribution in [3.8, 4) is 0 Å². The van der Waals surface area contributed by atoms with Gasteiger partial charge >= 0.3 is 0 Å². The Hall–Kier alpha value is -1.03. The number of oxazole rings is 1. The van der Waals surface area contributed by atoms with E-state index in [1.807, 2.05) is 0 Å². The molecule has 0 amide bonds. The second-order valence-electron chi connectivity index (χ2n) is 2.63. The van der Waals surface area contributed by atoms with Crippen LogP contribution in [-0.2, 0) is 5.60 Å². The molecular weight excluding hydrogens is 132 g/mol. The fourth-order valence-electron chi connectivity index (χ4n) is 0.569. The molecule has 0 aliphatic heterocycles. The number of nitrogens with two attached hydrogens (primary N) is 1. The first kappa shape index (κ1) is 7.08. The van der Waals surface area contributed by atoms with Gasteiger partial charge in [-0.25, -0.2) is 0 Å². The van der Waals surface area contributed by atoms with Crippen molar-refractivity contribution in [2.75, 3.05) is 5.73 Å². The molecule has 0 atom stereocenters. The molecule has 4 nitrogen and oxygen atoms in total. The van der Waals surface area contributed by atoms with Gasteiger partial charge in [-0.1, -0.05) is 0 Å². The number of nitrogen functional groups attached to an aromatic ring is 1. The van der Waals surface area contributed by atoms with Crippen molar-refractivity contribution < 1.29 is 9.52 Å². The minimum atomic E-state index is -0.971. The molecule has 0 unspecified atom stereocenters. The maximum absolute atomic E-state index is 9.32. The molecule has 10 heavy (non-hydrogen) atoms. The van der Waals surface area contributed by atoms with E-state index in [0.717, 1.165) is 0 Å². The van der Waals surface area contributed by atoms with E-state index in [1.54, 1.807) is 13.8 Å². The molecule has 1 aromatic heterocycles. The van der Waals surface area contributed by atoms with Crippen molar-refractivity contribution >= 4 is 6.01 Å². The van der Waals surface area contributed by atoms with Crippen LogP contribution in [-0.4, -0.2) is 10.1 Å². The fourth-order valence-corrected chi connectivity index (χ4v) is 0.569.